The Kier molecular flexibility index (Phi) is 4.74. The molecule has 0 amide bonds. The molecule has 2 aliphatic heterocycles. The van der Waals surface area contributed by atoms with Gasteiger partial charge in [-0.15, -0.1) is 0 Å². The fourth-order valence-electron chi connectivity index (χ4n) is 3.44. The molecule has 16 heavy (non-hydrogen) atoms. The molecule has 1 spiro atoms. The monoisotopic (exact) mass is 297 g/mol. The van der Waals surface area contributed by atoms with Crippen molar-refractivity contribution < 1.29 is 41.9 Å². The molecule has 4 N–H and O–H groups in total. The summed E-state index contributed by atoms with van der Waals surface area (Å²) in [6.07, 6.45) is 0.245. The number of aliphatic hydroxyl groups is 4. The molecule has 96 valence electrons. The topological polar surface area (TPSA) is 80.9 Å². The van der Waals surface area contributed by atoms with Gasteiger partial charge >= 0.3 is 0 Å². The van der Waals surface area contributed by atoms with Gasteiger partial charge < -0.3 is 41.9 Å². The second-order valence-electron chi connectivity index (χ2n) is 4.74. The van der Waals surface area contributed by atoms with E-state index in [0.29, 0.717) is 4.48 Å². The molecular formula is C10H20BrNO4. The molecule has 2 saturated heterocycles. The first-order chi connectivity index (χ1) is 7.17. The molecule has 0 saturated carbocycles. The van der Waals surface area contributed by atoms with Crippen LogP contribution in [0.25, 0.3) is 0 Å². The molecule has 0 aromatic carbocycles. The van der Waals surface area contributed by atoms with Gasteiger partial charge in [0, 0.05) is 12.8 Å². The first-order valence-corrected chi connectivity index (χ1v) is 5.61. The smallest absolute Gasteiger partial charge is 0.142 e. The summed E-state index contributed by atoms with van der Waals surface area (Å²) in [5.74, 6) is 0. The average Bonchev–Trinajstić information content (AvgIpc) is 2.76. The van der Waals surface area contributed by atoms with Crippen molar-refractivity contribution in [2.75, 3.05) is 26.3 Å². The highest BCUT2D eigenvalue weighted by Crippen LogP contribution is 2.37. The quantitative estimate of drug-likeness (QED) is 0.385. The highest BCUT2D eigenvalue weighted by atomic mass is 79.9. The van der Waals surface area contributed by atoms with Crippen molar-refractivity contribution in [3.8, 4) is 0 Å². The van der Waals surface area contributed by atoms with Crippen LogP contribution in [-0.2, 0) is 0 Å². The molecule has 0 aromatic heterocycles. The van der Waals surface area contributed by atoms with E-state index < -0.39 is 12.2 Å². The van der Waals surface area contributed by atoms with E-state index in [-0.39, 0.29) is 42.3 Å². The molecular weight excluding hydrogens is 278 g/mol. The van der Waals surface area contributed by atoms with Crippen LogP contribution in [0.1, 0.15) is 12.8 Å². The SMILES string of the molecule is OC[C@H]1[C@H](O)[C@@H](O)[C@H](CO)[N+]12CCCC2.[Br-]. The van der Waals surface area contributed by atoms with Crippen molar-refractivity contribution in [3.05, 3.63) is 0 Å². The van der Waals surface area contributed by atoms with E-state index in [4.69, 9.17) is 0 Å². The van der Waals surface area contributed by atoms with Crippen LogP contribution in [-0.4, -0.2) is 75.5 Å². The summed E-state index contributed by atoms with van der Waals surface area (Å²) in [5, 5.41) is 38.3. The van der Waals surface area contributed by atoms with Crippen LogP contribution < -0.4 is 17.0 Å². The van der Waals surface area contributed by atoms with Gasteiger partial charge in [-0.2, -0.15) is 0 Å². The average molecular weight is 298 g/mol. The fraction of sp³-hybridized carbons (Fsp3) is 1.00. The minimum absolute atomic E-state index is 0. The molecule has 2 heterocycles. The van der Waals surface area contributed by atoms with Gasteiger partial charge in [0.15, 0.2) is 0 Å². The molecule has 0 unspecified atom stereocenters. The lowest BCUT2D eigenvalue weighted by Gasteiger charge is -2.40. The van der Waals surface area contributed by atoms with E-state index in [1.807, 2.05) is 0 Å². The van der Waals surface area contributed by atoms with Gasteiger partial charge in [0.25, 0.3) is 0 Å². The van der Waals surface area contributed by atoms with Crippen molar-refractivity contribution in [1.82, 2.24) is 0 Å². The van der Waals surface area contributed by atoms with E-state index in [2.05, 4.69) is 0 Å². The fourth-order valence-corrected chi connectivity index (χ4v) is 3.44. The standard InChI is InChI=1S/C10H20NO4.BrH/c12-5-7-9(14)10(15)8(6-13)11(7)3-1-2-4-11;/h7-10,12-15H,1-6H2;1H/q+1;/p-1/t7-,8-,9-,10-;/m0./s1. The highest BCUT2D eigenvalue weighted by molar-refractivity contribution is 4.93. The maximum atomic E-state index is 9.85. The zero-order chi connectivity index (χ0) is 11.1. The van der Waals surface area contributed by atoms with Gasteiger partial charge in [-0.3, -0.25) is 0 Å². The van der Waals surface area contributed by atoms with E-state index in [9.17, 15) is 20.4 Å². The zero-order valence-electron chi connectivity index (χ0n) is 9.17. The second-order valence-corrected chi connectivity index (χ2v) is 4.74. The molecule has 0 bridgehead atoms. The molecule has 0 aliphatic carbocycles. The number of quaternary nitrogens is 1. The van der Waals surface area contributed by atoms with Crippen LogP contribution >= 0.6 is 0 Å². The maximum absolute atomic E-state index is 9.85. The van der Waals surface area contributed by atoms with Crippen molar-refractivity contribution in [2.45, 2.75) is 37.1 Å². The normalized spacial score (nSPS) is 41.2. The number of hydrogen-bond donors (Lipinski definition) is 4. The lowest BCUT2D eigenvalue weighted by molar-refractivity contribution is -0.953. The number of halogens is 1. The van der Waals surface area contributed by atoms with Crippen LogP contribution in [0, 0.1) is 0 Å². The summed E-state index contributed by atoms with van der Waals surface area (Å²) < 4.78 is 0.495. The van der Waals surface area contributed by atoms with E-state index in [1.165, 1.54) is 0 Å². The highest BCUT2D eigenvalue weighted by Gasteiger charge is 2.60. The molecule has 4 atom stereocenters. The van der Waals surface area contributed by atoms with Crippen molar-refractivity contribution in [1.29, 1.82) is 0 Å². The number of nitrogens with zero attached hydrogens (tertiary/aromatic N) is 1. The van der Waals surface area contributed by atoms with Crippen LogP contribution in [0.15, 0.2) is 0 Å². The lowest BCUT2D eigenvalue weighted by atomic mass is 10.1. The Morgan fingerprint density at radius 3 is 1.56 bits per heavy atom. The second kappa shape index (κ2) is 5.29. The van der Waals surface area contributed by atoms with Gasteiger partial charge in [-0.05, 0) is 0 Å². The van der Waals surface area contributed by atoms with Crippen molar-refractivity contribution in [3.63, 3.8) is 0 Å². The van der Waals surface area contributed by atoms with Crippen LogP contribution in [0.4, 0.5) is 0 Å². The summed E-state index contributed by atoms with van der Waals surface area (Å²) in [7, 11) is 0. The zero-order valence-corrected chi connectivity index (χ0v) is 10.8. The van der Waals surface area contributed by atoms with Gasteiger partial charge in [0.2, 0.25) is 0 Å². The summed E-state index contributed by atoms with van der Waals surface area (Å²) in [5.41, 5.74) is 0. The minimum Gasteiger partial charge on any atom is -1.00 e. The molecule has 2 fully saturated rings. The Morgan fingerprint density at radius 2 is 1.25 bits per heavy atom. The Labute approximate surface area is 106 Å². The van der Waals surface area contributed by atoms with E-state index in [0.717, 1.165) is 25.9 Å². The third-order valence-corrected chi connectivity index (χ3v) is 4.23. The molecule has 6 heteroatoms. The van der Waals surface area contributed by atoms with Gasteiger partial charge in [-0.1, -0.05) is 0 Å². The lowest BCUT2D eigenvalue weighted by Crippen LogP contribution is -3.00. The van der Waals surface area contributed by atoms with Gasteiger partial charge in [-0.25, -0.2) is 0 Å². The Hall–Kier alpha value is 0.280. The van der Waals surface area contributed by atoms with Gasteiger partial charge in [0.05, 0.1) is 26.3 Å². The predicted molar refractivity (Wildman–Crippen MR) is 53.0 cm³/mol. The van der Waals surface area contributed by atoms with Crippen LogP contribution in [0.2, 0.25) is 0 Å². The Bertz CT molecular complexity index is 217. The Balaban J connectivity index is 0.00000128. The van der Waals surface area contributed by atoms with Crippen molar-refractivity contribution in [2.24, 2.45) is 0 Å². The van der Waals surface area contributed by atoms with Gasteiger partial charge in [0.1, 0.15) is 24.3 Å². The van der Waals surface area contributed by atoms with Crippen molar-refractivity contribution >= 4 is 0 Å². The number of hydrogen-bond acceptors (Lipinski definition) is 4. The number of rotatable bonds is 2. The third-order valence-electron chi connectivity index (χ3n) is 4.23. The van der Waals surface area contributed by atoms with Crippen LogP contribution in [0.5, 0.6) is 0 Å². The summed E-state index contributed by atoms with van der Waals surface area (Å²) >= 11 is 0. The summed E-state index contributed by atoms with van der Waals surface area (Å²) in [6.45, 7) is 1.42. The van der Waals surface area contributed by atoms with E-state index in [1.54, 1.807) is 0 Å². The molecule has 2 rings (SSSR count). The largest absolute Gasteiger partial charge is 1.00 e. The molecule has 5 nitrogen and oxygen atoms in total. The third kappa shape index (κ3) is 1.81. The summed E-state index contributed by atoms with van der Waals surface area (Å²) in [4.78, 5) is 0. The summed E-state index contributed by atoms with van der Waals surface area (Å²) in [6, 6.07) is -0.667. The molecule has 0 aromatic rings. The Morgan fingerprint density at radius 1 is 0.875 bits per heavy atom. The van der Waals surface area contributed by atoms with Crippen LogP contribution in [0.3, 0.4) is 0 Å². The molecule has 0 radical (unpaired) electrons. The maximum Gasteiger partial charge on any atom is 0.142 e. The predicted octanol–water partition coefficient (Wildman–Crippen LogP) is -4.94. The minimum atomic E-state index is -0.912. The van der Waals surface area contributed by atoms with E-state index >= 15 is 0 Å². The first kappa shape index (κ1) is 14.3. The molecule has 2 aliphatic rings. The first-order valence-electron chi connectivity index (χ1n) is 5.61. The number of aliphatic hydroxyl groups excluding tert-OH is 4.